The second kappa shape index (κ2) is 6.29. The predicted octanol–water partition coefficient (Wildman–Crippen LogP) is 4.21. The molecule has 0 heterocycles. The number of rotatable bonds is 4. The predicted molar refractivity (Wildman–Crippen MR) is 82.5 cm³/mol. The van der Waals surface area contributed by atoms with Crippen molar-refractivity contribution in [2.75, 3.05) is 12.8 Å². The molecule has 0 aliphatic heterocycles. The van der Waals surface area contributed by atoms with Crippen LogP contribution in [0.2, 0.25) is 10.0 Å². The Morgan fingerprint density at radius 1 is 1.00 bits per heavy atom. The topological polar surface area (TPSA) is 29.3 Å². The van der Waals surface area contributed by atoms with Gasteiger partial charge in [-0.2, -0.15) is 0 Å². The van der Waals surface area contributed by atoms with E-state index in [4.69, 9.17) is 28.9 Å². The normalized spacial score (nSPS) is 10.9. The monoisotopic (exact) mass is 294 g/mol. The van der Waals surface area contributed by atoms with Crippen molar-refractivity contribution in [2.24, 2.45) is 0 Å². The molecule has 0 aliphatic carbocycles. The molecule has 0 amide bonds. The summed E-state index contributed by atoms with van der Waals surface area (Å²) in [6.07, 6.45) is 0. The lowest BCUT2D eigenvalue weighted by Gasteiger charge is -2.18. The van der Waals surface area contributed by atoms with Crippen molar-refractivity contribution < 1.29 is 0 Å². The average Bonchev–Trinajstić information content (AvgIpc) is 2.33. The zero-order valence-electron chi connectivity index (χ0n) is 10.7. The Morgan fingerprint density at radius 2 is 1.74 bits per heavy atom. The van der Waals surface area contributed by atoms with E-state index in [0.717, 1.165) is 29.4 Å². The Bertz CT molecular complexity index is 570. The Kier molecular flexibility index (Phi) is 4.70. The first-order valence-electron chi connectivity index (χ1n) is 6.01. The molecule has 0 aromatic heterocycles. The molecule has 2 aromatic carbocycles. The maximum absolute atomic E-state index is 5.98. The molecule has 0 bridgehead atoms. The van der Waals surface area contributed by atoms with Gasteiger partial charge in [0, 0.05) is 28.8 Å². The summed E-state index contributed by atoms with van der Waals surface area (Å²) >= 11 is 11.9. The van der Waals surface area contributed by atoms with Gasteiger partial charge in [0.2, 0.25) is 0 Å². The summed E-state index contributed by atoms with van der Waals surface area (Å²) < 4.78 is 0. The summed E-state index contributed by atoms with van der Waals surface area (Å²) in [6.45, 7) is 1.60. The quantitative estimate of drug-likeness (QED) is 0.856. The molecule has 0 aliphatic rings. The highest BCUT2D eigenvalue weighted by molar-refractivity contribution is 6.31. The van der Waals surface area contributed by atoms with Crippen LogP contribution in [0.1, 0.15) is 11.1 Å². The van der Waals surface area contributed by atoms with Crippen molar-refractivity contribution >= 4 is 28.9 Å². The molecule has 2 aromatic rings. The molecule has 0 saturated carbocycles. The number of nitrogen functional groups attached to an aromatic ring is 1. The summed E-state index contributed by atoms with van der Waals surface area (Å²) in [6, 6.07) is 13.5. The molecule has 0 radical (unpaired) electrons. The first kappa shape index (κ1) is 14.2. The lowest BCUT2D eigenvalue weighted by atomic mass is 10.1. The molecule has 0 saturated heterocycles. The van der Waals surface area contributed by atoms with Gasteiger partial charge in [0.1, 0.15) is 0 Å². The zero-order valence-corrected chi connectivity index (χ0v) is 12.2. The molecule has 0 spiro atoms. The van der Waals surface area contributed by atoms with E-state index in [1.807, 2.05) is 30.3 Å². The van der Waals surface area contributed by atoms with Gasteiger partial charge in [-0.05, 0) is 42.4 Å². The van der Waals surface area contributed by atoms with Crippen LogP contribution in [0.15, 0.2) is 42.5 Å². The number of halogens is 2. The van der Waals surface area contributed by atoms with Gasteiger partial charge in [0.25, 0.3) is 0 Å². The van der Waals surface area contributed by atoms with E-state index < -0.39 is 0 Å². The first-order chi connectivity index (χ1) is 9.04. The van der Waals surface area contributed by atoms with Crippen LogP contribution in [0.5, 0.6) is 0 Å². The highest BCUT2D eigenvalue weighted by Crippen LogP contribution is 2.20. The van der Waals surface area contributed by atoms with Crippen LogP contribution in [-0.4, -0.2) is 11.9 Å². The minimum atomic E-state index is 0.666. The van der Waals surface area contributed by atoms with Crippen molar-refractivity contribution in [3.63, 3.8) is 0 Å². The van der Waals surface area contributed by atoms with Gasteiger partial charge in [-0.3, -0.25) is 4.90 Å². The van der Waals surface area contributed by atoms with Crippen LogP contribution in [0.25, 0.3) is 0 Å². The van der Waals surface area contributed by atoms with Gasteiger partial charge in [-0.25, -0.2) is 0 Å². The summed E-state index contributed by atoms with van der Waals surface area (Å²) in [4.78, 5) is 2.19. The van der Waals surface area contributed by atoms with Crippen molar-refractivity contribution in [1.29, 1.82) is 0 Å². The molecule has 4 heteroatoms. The Balaban J connectivity index is 2.03. The van der Waals surface area contributed by atoms with E-state index in [9.17, 15) is 0 Å². The SMILES string of the molecule is CN(Cc1cccc(Cl)c1)Cc1ccc(Cl)cc1N. The number of anilines is 1. The molecule has 2 N–H and O–H groups in total. The molecule has 2 nitrogen and oxygen atoms in total. The number of hydrogen-bond donors (Lipinski definition) is 1. The fraction of sp³-hybridized carbons (Fsp3) is 0.200. The van der Waals surface area contributed by atoms with Crippen LogP contribution in [0.4, 0.5) is 5.69 Å². The van der Waals surface area contributed by atoms with Crippen LogP contribution < -0.4 is 5.73 Å². The van der Waals surface area contributed by atoms with E-state index in [0.29, 0.717) is 5.02 Å². The largest absolute Gasteiger partial charge is 0.398 e. The second-order valence-corrected chi connectivity index (χ2v) is 5.52. The number of nitrogens with zero attached hydrogens (tertiary/aromatic N) is 1. The lowest BCUT2D eigenvalue weighted by molar-refractivity contribution is 0.319. The van der Waals surface area contributed by atoms with E-state index in [1.165, 1.54) is 5.56 Å². The van der Waals surface area contributed by atoms with Gasteiger partial charge in [0.05, 0.1) is 0 Å². The molecule has 0 unspecified atom stereocenters. The number of nitrogens with two attached hydrogens (primary N) is 1. The minimum Gasteiger partial charge on any atom is -0.398 e. The maximum Gasteiger partial charge on any atom is 0.0426 e. The summed E-state index contributed by atoms with van der Waals surface area (Å²) in [5.74, 6) is 0. The van der Waals surface area contributed by atoms with E-state index in [1.54, 1.807) is 6.07 Å². The van der Waals surface area contributed by atoms with Gasteiger partial charge in [-0.1, -0.05) is 41.4 Å². The van der Waals surface area contributed by atoms with E-state index >= 15 is 0 Å². The average molecular weight is 295 g/mol. The van der Waals surface area contributed by atoms with Crippen LogP contribution in [-0.2, 0) is 13.1 Å². The van der Waals surface area contributed by atoms with Crippen molar-refractivity contribution in [3.8, 4) is 0 Å². The standard InChI is InChI=1S/C15H16Cl2N2/c1-19(9-11-3-2-4-13(16)7-11)10-12-5-6-14(17)8-15(12)18/h2-8H,9-10,18H2,1H3. The van der Waals surface area contributed by atoms with Crippen LogP contribution in [0.3, 0.4) is 0 Å². The van der Waals surface area contributed by atoms with Crippen molar-refractivity contribution in [1.82, 2.24) is 4.90 Å². The van der Waals surface area contributed by atoms with Gasteiger partial charge < -0.3 is 5.73 Å². The number of benzene rings is 2. The van der Waals surface area contributed by atoms with Gasteiger partial charge in [0.15, 0.2) is 0 Å². The fourth-order valence-electron chi connectivity index (χ4n) is 2.00. The third-order valence-electron chi connectivity index (χ3n) is 2.89. The maximum atomic E-state index is 5.98. The highest BCUT2D eigenvalue weighted by atomic mass is 35.5. The van der Waals surface area contributed by atoms with Gasteiger partial charge in [-0.15, -0.1) is 0 Å². The van der Waals surface area contributed by atoms with Gasteiger partial charge >= 0.3 is 0 Å². The number of hydrogen-bond acceptors (Lipinski definition) is 2. The fourth-order valence-corrected chi connectivity index (χ4v) is 2.40. The summed E-state index contributed by atoms with van der Waals surface area (Å²) in [5.41, 5.74) is 8.94. The van der Waals surface area contributed by atoms with Crippen LogP contribution in [0, 0.1) is 0 Å². The third kappa shape index (κ3) is 4.13. The Labute approximate surface area is 123 Å². The smallest absolute Gasteiger partial charge is 0.0426 e. The summed E-state index contributed by atoms with van der Waals surface area (Å²) in [5, 5.41) is 1.43. The molecule has 0 atom stereocenters. The van der Waals surface area contributed by atoms with Crippen molar-refractivity contribution in [2.45, 2.75) is 13.1 Å². The highest BCUT2D eigenvalue weighted by Gasteiger charge is 2.05. The Hall–Kier alpha value is -1.22. The molecular formula is C15H16Cl2N2. The van der Waals surface area contributed by atoms with E-state index in [2.05, 4.69) is 18.0 Å². The Morgan fingerprint density at radius 3 is 2.42 bits per heavy atom. The summed E-state index contributed by atoms with van der Waals surface area (Å²) in [7, 11) is 2.05. The molecule has 19 heavy (non-hydrogen) atoms. The molecular weight excluding hydrogens is 279 g/mol. The molecule has 2 rings (SSSR count). The molecule has 0 fully saturated rings. The lowest BCUT2D eigenvalue weighted by Crippen LogP contribution is -2.18. The molecule has 100 valence electrons. The first-order valence-corrected chi connectivity index (χ1v) is 6.77. The van der Waals surface area contributed by atoms with E-state index in [-0.39, 0.29) is 0 Å². The third-order valence-corrected chi connectivity index (χ3v) is 3.36. The van der Waals surface area contributed by atoms with Crippen molar-refractivity contribution in [3.05, 3.63) is 63.6 Å². The zero-order chi connectivity index (χ0) is 13.8. The minimum absolute atomic E-state index is 0.666. The van der Waals surface area contributed by atoms with Crippen LogP contribution >= 0.6 is 23.2 Å². The second-order valence-electron chi connectivity index (χ2n) is 4.65.